The van der Waals surface area contributed by atoms with Crippen molar-refractivity contribution in [2.75, 3.05) is 5.32 Å². The summed E-state index contributed by atoms with van der Waals surface area (Å²) in [5, 5.41) is 13.6. The van der Waals surface area contributed by atoms with Crippen LogP contribution in [0.15, 0.2) is 41.0 Å². The third kappa shape index (κ3) is 3.69. The predicted octanol–water partition coefficient (Wildman–Crippen LogP) is 3.82. The van der Waals surface area contributed by atoms with Gasteiger partial charge >= 0.3 is 0 Å². The topological polar surface area (TPSA) is 77.2 Å². The number of aryl methyl sites for hydroxylation is 1. The Morgan fingerprint density at radius 1 is 1.43 bits per heavy atom. The second-order valence-electron chi connectivity index (χ2n) is 4.50. The van der Waals surface area contributed by atoms with Crippen LogP contribution in [0.4, 0.5) is 11.4 Å². The number of nitrogens with one attached hydrogen (secondary N) is 1. The fourth-order valence-corrected chi connectivity index (χ4v) is 2.37. The molecule has 1 N–H and O–H groups in total. The molecule has 0 fully saturated rings. The molecule has 7 heteroatoms. The Kier molecular flexibility index (Phi) is 4.74. The number of carbonyl (C=O) groups is 1. The maximum Gasteiger partial charge on any atom is 0.287 e. The van der Waals surface area contributed by atoms with E-state index in [1.807, 2.05) is 13.0 Å². The molecule has 0 bridgehead atoms. The maximum atomic E-state index is 12.3. The van der Waals surface area contributed by atoms with E-state index < -0.39 is 4.92 Å². The molecule has 0 aliphatic heterocycles. The second-order valence-corrected chi connectivity index (χ2v) is 5.41. The van der Waals surface area contributed by atoms with Crippen LogP contribution in [0, 0.1) is 10.1 Å². The first-order valence-electron chi connectivity index (χ1n) is 6.42. The molecule has 0 spiro atoms. The molecule has 110 valence electrons. The minimum atomic E-state index is -0.498. The van der Waals surface area contributed by atoms with E-state index >= 15 is 0 Å². The van der Waals surface area contributed by atoms with Gasteiger partial charge in [-0.1, -0.05) is 28.9 Å². The van der Waals surface area contributed by atoms with Crippen LogP contribution >= 0.6 is 15.9 Å². The van der Waals surface area contributed by atoms with Crippen molar-refractivity contribution in [2.45, 2.75) is 19.9 Å². The number of halogens is 1. The summed E-state index contributed by atoms with van der Waals surface area (Å²) in [4.78, 5) is 22.6. The predicted molar refractivity (Wildman–Crippen MR) is 83.5 cm³/mol. The third-order valence-electron chi connectivity index (χ3n) is 2.87. The van der Waals surface area contributed by atoms with Crippen LogP contribution in [0.5, 0.6) is 0 Å². The zero-order chi connectivity index (χ0) is 15.4. The van der Waals surface area contributed by atoms with Gasteiger partial charge in [-0.2, -0.15) is 0 Å². The van der Waals surface area contributed by atoms with E-state index in [-0.39, 0.29) is 17.3 Å². The highest BCUT2D eigenvalue weighted by Gasteiger charge is 2.19. The minimum Gasteiger partial charge on any atom is -0.337 e. The monoisotopic (exact) mass is 351 g/mol. The Bertz CT molecular complexity index is 682. The molecule has 1 aromatic carbocycles. The first-order chi connectivity index (χ1) is 10.0. The number of carbonyl (C=O) groups excluding carboxylic acids is 1. The number of rotatable bonds is 5. The van der Waals surface area contributed by atoms with Crippen molar-refractivity contribution in [3.8, 4) is 0 Å². The van der Waals surface area contributed by atoms with Gasteiger partial charge in [0.1, 0.15) is 5.69 Å². The van der Waals surface area contributed by atoms with Gasteiger partial charge in [0.05, 0.1) is 11.1 Å². The average molecular weight is 352 g/mol. The quantitative estimate of drug-likeness (QED) is 0.656. The van der Waals surface area contributed by atoms with Crippen LogP contribution in [-0.2, 0) is 6.54 Å². The van der Waals surface area contributed by atoms with Crippen LogP contribution in [0.1, 0.15) is 23.8 Å². The fraction of sp³-hybridized carbons (Fsp3) is 0.214. The van der Waals surface area contributed by atoms with Gasteiger partial charge < -0.3 is 9.88 Å². The van der Waals surface area contributed by atoms with Crippen molar-refractivity contribution < 1.29 is 9.72 Å². The zero-order valence-electron chi connectivity index (χ0n) is 11.4. The van der Waals surface area contributed by atoms with Crippen molar-refractivity contribution in [3.05, 3.63) is 56.8 Å². The van der Waals surface area contributed by atoms with Crippen molar-refractivity contribution in [1.82, 2.24) is 4.57 Å². The summed E-state index contributed by atoms with van der Waals surface area (Å²) in [6.45, 7) is 2.50. The van der Waals surface area contributed by atoms with Crippen LogP contribution in [0.2, 0.25) is 0 Å². The number of anilines is 1. The largest absolute Gasteiger partial charge is 0.337 e. The molecule has 1 amide bonds. The highest BCUT2D eigenvalue weighted by Crippen LogP contribution is 2.20. The summed E-state index contributed by atoms with van der Waals surface area (Å²) in [5.41, 5.74) is 0.827. The number of hydrogen-bond acceptors (Lipinski definition) is 3. The summed E-state index contributed by atoms with van der Waals surface area (Å²) in [6, 6.07) is 8.46. The average Bonchev–Trinajstić information content (AvgIpc) is 2.83. The summed E-state index contributed by atoms with van der Waals surface area (Å²) in [6.07, 6.45) is 2.17. The van der Waals surface area contributed by atoms with Gasteiger partial charge in [-0.3, -0.25) is 14.9 Å². The Morgan fingerprint density at radius 3 is 2.81 bits per heavy atom. The lowest BCUT2D eigenvalue weighted by molar-refractivity contribution is -0.384. The first-order valence-corrected chi connectivity index (χ1v) is 7.22. The molecule has 0 unspecified atom stereocenters. The van der Waals surface area contributed by atoms with E-state index in [1.165, 1.54) is 12.3 Å². The second kappa shape index (κ2) is 6.53. The number of benzene rings is 1. The first kappa shape index (κ1) is 15.2. The van der Waals surface area contributed by atoms with E-state index in [9.17, 15) is 14.9 Å². The van der Waals surface area contributed by atoms with Gasteiger partial charge in [0, 0.05) is 22.8 Å². The highest BCUT2D eigenvalue weighted by atomic mass is 79.9. The SMILES string of the molecule is CCCn1cc([N+](=O)[O-])cc1C(=O)Nc1cccc(Br)c1. The number of aromatic nitrogens is 1. The molecular weight excluding hydrogens is 338 g/mol. The van der Waals surface area contributed by atoms with Gasteiger partial charge in [-0.25, -0.2) is 0 Å². The van der Waals surface area contributed by atoms with Crippen molar-refractivity contribution in [2.24, 2.45) is 0 Å². The van der Waals surface area contributed by atoms with E-state index in [0.29, 0.717) is 12.2 Å². The van der Waals surface area contributed by atoms with E-state index in [4.69, 9.17) is 0 Å². The normalized spacial score (nSPS) is 10.4. The van der Waals surface area contributed by atoms with E-state index in [0.717, 1.165) is 10.9 Å². The smallest absolute Gasteiger partial charge is 0.287 e. The molecule has 6 nitrogen and oxygen atoms in total. The van der Waals surface area contributed by atoms with Crippen LogP contribution in [0.25, 0.3) is 0 Å². The molecule has 0 radical (unpaired) electrons. The lowest BCUT2D eigenvalue weighted by Gasteiger charge is -2.08. The molecule has 0 saturated heterocycles. The Balaban J connectivity index is 2.27. The van der Waals surface area contributed by atoms with E-state index in [2.05, 4.69) is 21.2 Å². The molecule has 0 aliphatic carbocycles. The summed E-state index contributed by atoms with van der Waals surface area (Å²) >= 11 is 3.33. The summed E-state index contributed by atoms with van der Waals surface area (Å²) in [5.74, 6) is -0.366. The van der Waals surface area contributed by atoms with Crippen LogP contribution in [0.3, 0.4) is 0 Å². The lowest BCUT2D eigenvalue weighted by Crippen LogP contribution is -2.16. The van der Waals surface area contributed by atoms with Crippen LogP contribution in [-0.4, -0.2) is 15.4 Å². The van der Waals surface area contributed by atoms with Crippen molar-refractivity contribution >= 4 is 33.2 Å². The van der Waals surface area contributed by atoms with Crippen molar-refractivity contribution in [3.63, 3.8) is 0 Å². The number of hydrogen-bond donors (Lipinski definition) is 1. The Labute approximate surface area is 130 Å². The highest BCUT2D eigenvalue weighted by molar-refractivity contribution is 9.10. The molecule has 21 heavy (non-hydrogen) atoms. The van der Waals surface area contributed by atoms with Gasteiger partial charge in [0.25, 0.3) is 11.6 Å². The minimum absolute atomic E-state index is 0.0807. The number of nitrogens with zero attached hydrogens (tertiary/aromatic N) is 2. The van der Waals surface area contributed by atoms with Gasteiger partial charge in [-0.05, 0) is 24.6 Å². The molecule has 0 saturated carbocycles. The zero-order valence-corrected chi connectivity index (χ0v) is 13.0. The van der Waals surface area contributed by atoms with E-state index in [1.54, 1.807) is 22.8 Å². The molecule has 0 aliphatic rings. The lowest BCUT2D eigenvalue weighted by atomic mass is 10.3. The third-order valence-corrected chi connectivity index (χ3v) is 3.37. The van der Waals surface area contributed by atoms with Gasteiger partial charge in [0.15, 0.2) is 0 Å². The molecule has 2 rings (SSSR count). The standard InChI is InChI=1S/C14H14BrN3O3/c1-2-6-17-9-12(18(20)21)8-13(17)14(19)16-11-5-3-4-10(15)7-11/h3-5,7-9H,2,6H2,1H3,(H,16,19). The Hall–Kier alpha value is -2.15. The molecule has 1 heterocycles. The number of amides is 1. The molecule has 0 atom stereocenters. The molecular formula is C14H14BrN3O3. The Morgan fingerprint density at radius 2 is 2.19 bits per heavy atom. The summed E-state index contributed by atoms with van der Waals surface area (Å²) < 4.78 is 2.45. The number of nitro groups is 1. The van der Waals surface area contributed by atoms with Crippen LogP contribution < -0.4 is 5.32 Å². The molecule has 1 aromatic heterocycles. The van der Waals surface area contributed by atoms with Gasteiger partial charge in [-0.15, -0.1) is 0 Å². The maximum absolute atomic E-state index is 12.3. The molecule has 2 aromatic rings. The van der Waals surface area contributed by atoms with Crippen molar-refractivity contribution in [1.29, 1.82) is 0 Å². The van der Waals surface area contributed by atoms with Gasteiger partial charge in [0.2, 0.25) is 0 Å². The fourth-order valence-electron chi connectivity index (χ4n) is 1.97. The summed E-state index contributed by atoms with van der Waals surface area (Å²) in [7, 11) is 0.